The van der Waals surface area contributed by atoms with Crippen LogP contribution in [0.1, 0.15) is 35.1 Å². The molecular weight excluding hydrogens is 277 g/mol. The first-order valence-corrected chi connectivity index (χ1v) is 6.90. The maximum atomic E-state index is 13.2. The molecule has 0 spiro atoms. The molecule has 0 radical (unpaired) electrons. The third-order valence-electron chi connectivity index (χ3n) is 4.13. The summed E-state index contributed by atoms with van der Waals surface area (Å²) in [6, 6.07) is 12.5. The number of hydrogen-bond donors (Lipinski definition) is 1. The van der Waals surface area contributed by atoms with Gasteiger partial charge in [-0.1, -0.05) is 42.5 Å². The van der Waals surface area contributed by atoms with Crippen molar-refractivity contribution in [3.8, 4) is 0 Å². The van der Waals surface area contributed by atoms with E-state index in [2.05, 4.69) is 0 Å². The van der Waals surface area contributed by atoms with E-state index in [1.807, 2.05) is 12.1 Å². The topological polar surface area (TPSA) is 20.2 Å². The molecule has 1 unspecified atom stereocenters. The molecule has 1 aliphatic rings. The van der Waals surface area contributed by atoms with Gasteiger partial charge in [0.05, 0.1) is 5.56 Å². The molecular formula is C17H15F3O. The van der Waals surface area contributed by atoms with Crippen molar-refractivity contribution >= 4 is 0 Å². The Morgan fingerprint density at radius 1 is 0.905 bits per heavy atom. The fourth-order valence-electron chi connectivity index (χ4n) is 3.18. The van der Waals surface area contributed by atoms with Gasteiger partial charge in [0.2, 0.25) is 0 Å². The van der Waals surface area contributed by atoms with Gasteiger partial charge in [0.25, 0.3) is 0 Å². The molecule has 0 fully saturated rings. The smallest absolute Gasteiger partial charge is 0.380 e. The molecule has 1 N–H and O–H groups in total. The lowest BCUT2D eigenvalue weighted by Gasteiger charge is -2.36. The SMILES string of the molecule is OC1(c2ccccc2C(F)(F)F)CCCc2ccccc21. The lowest BCUT2D eigenvalue weighted by atomic mass is 9.73. The van der Waals surface area contributed by atoms with E-state index in [0.717, 1.165) is 18.1 Å². The van der Waals surface area contributed by atoms with Crippen LogP contribution < -0.4 is 0 Å². The fourth-order valence-corrected chi connectivity index (χ4v) is 3.18. The Hall–Kier alpha value is -1.81. The van der Waals surface area contributed by atoms with Crippen molar-refractivity contribution in [2.75, 3.05) is 0 Å². The average Bonchev–Trinajstić information content (AvgIpc) is 2.47. The van der Waals surface area contributed by atoms with Crippen LogP contribution in [0, 0.1) is 0 Å². The summed E-state index contributed by atoms with van der Waals surface area (Å²) >= 11 is 0. The minimum Gasteiger partial charge on any atom is -0.380 e. The number of benzene rings is 2. The van der Waals surface area contributed by atoms with Crippen molar-refractivity contribution in [3.63, 3.8) is 0 Å². The maximum Gasteiger partial charge on any atom is 0.416 e. The van der Waals surface area contributed by atoms with Crippen molar-refractivity contribution in [2.45, 2.75) is 31.0 Å². The zero-order chi connectivity index (χ0) is 15.1. The van der Waals surface area contributed by atoms with Gasteiger partial charge in [0.15, 0.2) is 0 Å². The van der Waals surface area contributed by atoms with Crippen LogP contribution >= 0.6 is 0 Å². The number of alkyl halides is 3. The van der Waals surface area contributed by atoms with Gasteiger partial charge in [-0.2, -0.15) is 13.2 Å². The summed E-state index contributed by atoms with van der Waals surface area (Å²) in [7, 11) is 0. The van der Waals surface area contributed by atoms with E-state index in [4.69, 9.17) is 0 Å². The quantitative estimate of drug-likeness (QED) is 0.832. The molecule has 0 bridgehead atoms. The third kappa shape index (κ3) is 2.33. The normalized spacial score (nSPS) is 21.9. The van der Waals surface area contributed by atoms with Crippen LogP contribution in [-0.2, 0) is 18.2 Å². The molecule has 1 nitrogen and oxygen atoms in total. The number of aliphatic hydroxyl groups is 1. The number of fused-ring (bicyclic) bond motifs is 1. The number of rotatable bonds is 1. The molecule has 0 amide bonds. The highest BCUT2D eigenvalue weighted by Crippen LogP contribution is 2.45. The van der Waals surface area contributed by atoms with Gasteiger partial charge >= 0.3 is 6.18 Å². The Morgan fingerprint density at radius 2 is 1.52 bits per heavy atom. The molecule has 0 heterocycles. The first kappa shape index (κ1) is 14.1. The van der Waals surface area contributed by atoms with Crippen LogP contribution in [-0.4, -0.2) is 5.11 Å². The summed E-state index contributed by atoms with van der Waals surface area (Å²) in [4.78, 5) is 0. The summed E-state index contributed by atoms with van der Waals surface area (Å²) in [6.07, 6.45) is -2.72. The largest absolute Gasteiger partial charge is 0.416 e. The Kier molecular flexibility index (Phi) is 3.29. The van der Waals surface area contributed by atoms with Gasteiger partial charge in [-0.3, -0.25) is 0 Å². The number of halogens is 3. The second kappa shape index (κ2) is 4.88. The summed E-state index contributed by atoms with van der Waals surface area (Å²) < 4.78 is 39.7. The standard InChI is InChI=1S/C17H15F3O/c18-17(19,20)15-10-4-3-9-14(15)16(21)11-5-7-12-6-1-2-8-13(12)16/h1-4,6,8-10,21H,5,7,11H2. The van der Waals surface area contributed by atoms with Crippen LogP contribution in [0.15, 0.2) is 48.5 Å². The molecule has 1 aliphatic carbocycles. The summed E-state index contributed by atoms with van der Waals surface area (Å²) in [5.74, 6) is 0. The van der Waals surface area contributed by atoms with Gasteiger partial charge in [-0.05, 0) is 36.5 Å². The van der Waals surface area contributed by atoms with Gasteiger partial charge in [0.1, 0.15) is 5.60 Å². The Balaban J connectivity index is 2.22. The van der Waals surface area contributed by atoms with Gasteiger partial charge in [0, 0.05) is 5.56 Å². The van der Waals surface area contributed by atoms with Crippen molar-refractivity contribution in [3.05, 3.63) is 70.8 Å². The van der Waals surface area contributed by atoms with Gasteiger partial charge in [-0.25, -0.2) is 0 Å². The second-order valence-electron chi connectivity index (χ2n) is 5.41. The molecule has 0 saturated heterocycles. The monoisotopic (exact) mass is 292 g/mol. The minimum absolute atomic E-state index is 0.0512. The van der Waals surface area contributed by atoms with Gasteiger partial charge < -0.3 is 5.11 Å². The maximum absolute atomic E-state index is 13.2. The number of aryl methyl sites for hydroxylation is 1. The fraction of sp³-hybridized carbons (Fsp3) is 0.294. The van der Waals surface area contributed by atoms with E-state index < -0.39 is 17.3 Å². The van der Waals surface area contributed by atoms with Crippen LogP contribution in [0.5, 0.6) is 0 Å². The summed E-state index contributed by atoms with van der Waals surface area (Å²) in [5.41, 5.74) is -0.869. The van der Waals surface area contributed by atoms with E-state index in [-0.39, 0.29) is 5.56 Å². The molecule has 110 valence electrons. The Morgan fingerprint density at radius 3 is 2.24 bits per heavy atom. The summed E-state index contributed by atoms with van der Waals surface area (Å²) in [5, 5.41) is 11.0. The first-order valence-electron chi connectivity index (χ1n) is 6.90. The van der Waals surface area contributed by atoms with Gasteiger partial charge in [-0.15, -0.1) is 0 Å². The van der Waals surface area contributed by atoms with Crippen LogP contribution in [0.2, 0.25) is 0 Å². The second-order valence-corrected chi connectivity index (χ2v) is 5.41. The minimum atomic E-state index is -4.47. The van der Waals surface area contributed by atoms with E-state index >= 15 is 0 Å². The molecule has 1 atom stereocenters. The zero-order valence-corrected chi connectivity index (χ0v) is 11.3. The first-order chi connectivity index (χ1) is 9.93. The molecule has 0 aliphatic heterocycles. The highest BCUT2D eigenvalue weighted by atomic mass is 19.4. The lowest BCUT2D eigenvalue weighted by Crippen LogP contribution is -2.34. The highest BCUT2D eigenvalue weighted by molar-refractivity contribution is 5.46. The third-order valence-corrected chi connectivity index (χ3v) is 4.13. The van der Waals surface area contributed by atoms with Crippen molar-refractivity contribution in [2.24, 2.45) is 0 Å². The molecule has 21 heavy (non-hydrogen) atoms. The molecule has 2 aromatic carbocycles. The highest BCUT2D eigenvalue weighted by Gasteiger charge is 2.43. The van der Waals surface area contributed by atoms with E-state index in [1.165, 1.54) is 12.1 Å². The molecule has 4 heteroatoms. The molecule has 0 aromatic heterocycles. The zero-order valence-electron chi connectivity index (χ0n) is 11.3. The lowest BCUT2D eigenvalue weighted by molar-refractivity contribution is -0.140. The molecule has 0 saturated carbocycles. The van der Waals surface area contributed by atoms with Crippen molar-refractivity contribution in [1.29, 1.82) is 0 Å². The number of hydrogen-bond acceptors (Lipinski definition) is 1. The van der Waals surface area contributed by atoms with Crippen LogP contribution in [0.4, 0.5) is 13.2 Å². The predicted molar refractivity (Wildman–Crippen MR) is 73.8 cm³/mol. The average molecular weight is 292 g/mol. The molecule has 3 rings (SSSR count). The van der Waals surface area contributed by atoms with E-state index in [9.17, 15) is 18.3 Å². The Bertz CT molecular complexity index is 663. The van der Waals surface area contributed by atoms with Crippen molar-refractivity contribution in [1.82, 2.24) is 0 Å². The van der Waals surface area contributed by atoms with Crippen LogP contribution in [0.25, 0.3) is 0 Å². The Labute approximate surface area is 121 Å². The molecule has 2 aromatic rings. The van der Waals surface area contributed by atoms with Crippen LogP contribution in [0.3, 0.4) is 0 Å². The summed E-state index contributed by atoms with van der Waals surface area (Å²) in [6.45, 7) is 0. The van der Waals surface area contributed by atoms with E-state index in [0.29, 0.717) is 18.4 Å². The van der Waals surface area contributed by atoms with Crippen molar-refractivity contribution < 1.29 is 18.3 Å². The van der Waals surface area contributed by atoms with E-state index in [1.54, 1.807) is 18.2 Å². The predicted octanol–water partition coefficient (Wildman–Crippen LogP) is 4.28.